The molecular weight excluding hydrogens is 346 g/mol. The van der Waals surface area contributed by atoms with Gasteiger partial charge in [-0.15, -0.1) is 11.3 Å². The minimum absolute atomic E-state index is 0.0224. The van der Waals surface area contributed by atoms with E-state index >= 15 is 0 Å². The quantitative estimate of drug-likeness (QED) is 0.821. The van der Waals surface area contributed by atoms with Crippen LogP contribution in [0.2, 0.25) is 0 Å². The van der Waals surface area contributed by atoms with E-state index in [1.807, 2.05) is 54.8 Å². The van der Waals surface area contributed by atoms with Crippen LogP contribution in [-0.2, 0) is 11.3 Å². The molecule has 138 valence electrons. The second-order valence-electron chi connectivity index (χ2n) is 6.62. The lowest BCUT2D eigenvalue weighted by molar-refractivity contribution is -0.126. The van der Waals surface area contributed by atoms with Gasteiger partial charge in [-0.05, 0) is 43.3 Å². The summed E-state index contributed by atoms with van der Waals surface area (Å²) in [6.07, 6.45) is 1.72. The van der Waals surface area contributed by atoms with Gasteiger partial charge in [0.15, 0.2) is 0 Å². The van der Waals surface area contributed by atoms with Gasteiger partial charge in [0.05, 0.1) is 12.6 Å². The van der Waals surface area contributed by atoms with Gasteiger partial charge < -0.3 is 10.6 Å². The van der Waals surface area contributed by atoms with E-state index in [1.54, 1.807) is 11.3 Å². The maximum Gasteiger partial charge on any atom is 0.251 e. The summed E-state index contributed by atoms with van der Waals surface area (Å²) in [5.41, 5.74) is 0.691. The minimum atomic E-state index is -0.152. The topological polar surface area (TPSA) is 61.4 Å². The average molecular weight is 372 g/mol. The molecule has 0 radical (unpaired) electrons. The standard InChI is InChI=1S/C20H25N3O2S/c1-15(19(24)21-14-18-8-5-13-26-18)23-11-9-17(10-12-23)22-20(25)16-6-3-2-4-7-16/h2-8,13,15,17H,9-12,14H2,1H3,(H,21,24)(H,22,25). The monoisotopic (exact) mass is 371 g/mol. The molecule has 1 aliphatic heterocycles. The zero-order chi connectivity index (χ0) is 18.4. The first-order valence-corrected chi connectivity index (χ1v) is 9.91. The van der Waals surface area contributed by atoms with Crippen LogP contribution in [0, 0.1) is 0 Å². The van der Waals surface area contributed by atoms with Gasteiger partial charge in [-0.3, -0.25) is 14.5 Å². The predicted molar refractivity (Wildman–Crippen MR) is 104 cm³/mol. The first kappa shape index (κ1) is 18.6. The molecule has 1 saturated heterocycles. The molecule has 26 heavy (non-hydrogen) atoms. The number of benzene rings is 1. The number of hydrogen-bond donors (Lipinski definition) is 2. The Morgan fingerprint density at radius 2 is 1.88 bits per heavy atom. The Morgan fingerprint density at radius 1 is 1.15 bits per heavy atom. The van der Waals surface area contributed by atoms with Crippen LogP contribution < -0.4 is 10.6 Å². The lowest BCUT2D eigenvalue weighted by Crippen LogP contribution is -2.51. The molecule has 2 amide bonds. The highest BCUT2D eigenvalue weighted by Gasteiger charge is 2.27. The first-order valence-electron chi connectivity index (χ1n) is 9.03. The summed E-state index contributed by atoms with van der Waals surface area (Å²) < 4.78 is 0. The molecule has 5 nitrogen and oxygen atoms in total. The van der Waals surface area contributed by atoms with E-state index in [4.69, 9.17) is 0 Å². The summed E-state index contributed by atoms with van der Waals surface area (Å²) in [5, 5.41) is 8.12. The summed E-state index contributed by atoms with van der Waals surface area (Å²) in [6.45, 7) is 4.16. The molecule has 6 heteroatoms. The number of rotatable bonds is 6. The van der Waals surface area contributed by atoms with Crippen LogP contribution in [0.15, 0.2) is 47.8 Å². The highest BCUT2D eigenvalue weighted by molar-refractivity contribution is 7.09. The number of nitrogens with one attached hydrogen (secondary N) is 2. The number of carbonyl (C=O) groups excluding carboxylic acids is 2. The van der Waals surface area contributed by atoms with Crippen molar-refractivity contribution in [1.29, 1.82) is 0 Å². The fraction of sp³-hybridized carbons (Fsp3) is 0.400. The van der Waals surface area contributed by atoms with Crippen LogP contribution >= 0.6 is 11.3 Å². The van der Waals surface area contributed by atoms with Gasteiger partial charge in [-0.1, -0.05) is 24.3 Å². The van der Waals surface area contributed by atoms with Gasteiger partial charge in [-0.25, -0.2) is 0 Å². The van der Waals surface area contributed by atoms with E-state index < -0.39 is 0 Å². The number of hydrogen-bond acceptors (Lipinski definition) is 4. The molecule has 0 spiro atoms. The summed E-state index contributed by atoms with van der Waals surface area (Å²) in [5.74, 6) is 0.0379. The molecule has 1 atom stereocenters. The van der Waals surface area contributed by atoms with E-state index in [-0.39, 0.29) is 23.9 Å². The van der Waals surface area contributed by atoms with Crippen molar-refractivity contribution >= 4 is 23.2 Å². The number of amides is 2. The highest BCUT2D eigenvalue weighted by atomic mass is 32.1. The molecule has 0 saturated carbocycles. The molecule has 2 aromatic rings. The summed E-state index contributed by atoms with van der Waals surface area (Å²) >= 11 is 1.65. The highest BCUT2D eigenvalue weighted by Crippen LogP contribution is 2.15. The van der Waals surface area contributed by atoms with Crippen molar-refractivity contribution in [2.45, 2.75) is 38.4 Å². The van der Waals surface area contributed by atoms with E-state index in [1.165, 1.54) is 0 Å². The molecule has 3 rings (SSSR count). The number of carbonyl (C=O) groups is 2. The molecule has 1 unspecified atom stereocenters. The van der Waals surface area contributed by atoms with Crippen molar-refractivity contribution in [3.8, 4) is 0 Å². The zero-order valence-corrected chi connectivity index (χ0v) is 15.8. The Labute approximate surface area is 158 Å². The molecule has 0 aliphatic carbocycles. The van der Waals surface area contributed by atoms with Crippen molar-refractivity contribution in [2.75, 3.05) is 13.1 Å². The molecular formula is C20H25N3O2S. The second-order valence-corrected chi connectivity index (χ2v) is 7.66. The molecule has 0 bridgehead atoms. The third-order valence-electron chi connectivity index (χ3n) is 4.84. The van der Waals surface area contributed by atoms with Crippen molar-refractivity contribution in [3.05, 3.63) is 58.3 Å². The van der Waals surface area contributed by atoms with Crippen LogP contribution in [0.25, 0.3) is 0 Å². The average Bonchev–Trinajstić information content (AvgIpc) is 3.20. The molecule has 2 heterocycles. The molecule has 1 aliphatic rings. The lowest BCUT2D eigenvalue weighted by Gasteiger charge is -2.35. The Morgan fingerprint density at radius 3 is 2.54 bits per heavy atom. The van der Waals surface area contributed by atoms with Crippen molar-refractivity contribution in [3.63, 3.8) is 0 Å². The van der Waals surface area contributed by atoms with E-state index in [2.05, 4.69) is 15.5 Å². The Balaban J connectivity index is 1.42. The second kappa shape index (κ2) is 8.96. The van der Waals surface area contributed by atoms with E-state index in [0.29, 0.717) is 12.1 Å². The normalized spacial score (nSPS) is 16.8. The van der Waals surface area contributed by atoms with Gasteiger partial charge >= 0.3 is 0 Å². The van der Waals surface area contributed by atoms with Crippen LogP contribution in [0.5, 0.6) is 0 Å². The summed E-state index contributed by atoms with van der Waals surface area (Å²) in [4.78, 5) is 28.0. The Bertz CT molecular complexity index is 710. The van der Waals surface area contributed by atoms with Crippen LogP contribution in [0.1, 0.15) is 35.0 Å². The smallest absolute Gasteiger partial charge is 0.251 e. The molecule has 1 aromatic heterocycles. The summed E-state index contributed by atoms with van der Waals surface area (Å²) in [7, 11) is 0. The molecule has 1 aromatic carbocycles. The number of piperidine rings is 1. The van der Waals surface area contributed by atoms with Gasteiger partial charge in [-0.2, -0.15) is 0 Å². The first-order chi connectivity index (χ1) is 12.6. The number of nitrogens with zero attached hydrogens (tertiary/aromatic N) is 1. The van der Waals surface area contributed by atoms with E-state index in [9.17, 15) is 9.59 Å². The van der Waals surface area contributed by atoms with Crippen molar-refractivity contribution in [2.24, 2.45) is 0 Å². The lowest BCUT2D eigenvalue weighted by atomic mass is 10.0. The third-order valence-corrected chi connectivity index (χ3v) is 5.72. The van der Waals surface area contributed by atoms with Crippen molar-refractivity contribution in [1.82, 2.24) is 15.5 Å². The zero-order valence-electron chi connectivity index (χ0n) is 15.0. The number of thiophene rings is 1. The minimum Gasteiger partial charge on any atom is -0.350 e. The Hall–Kier alpha value is -2.18. The van der Waals surface area contributed by atoms with Gasteiger partial charge in [0.25, 0.3) is 5.91 Å². The fourth-order valence-electron chi connectivity index (χ4n) is 3.19. The van der Waals surface area contributed by atoms with Crippen LogP contribution in [-0.4, -0.2) is 41.9 Å². The fourth-order valence-corrected chi connectivity index (χ4v) is 3.83. The van der Waals surface area contributed by atoms with Crippen LogP contribution in [0.4, 0.5) is 0 Å². The summed E-state index contributed by atoms with van der Waals surface area (Å²) in [6, 6.07) is 13.3. The van der Waals surface area contributed by atoms with Crippen molar-refractivity contribution < 1.29 is 9.59 Å². The van der Waals surface area contributed by atoms with Gasteiger partial charge in [0.1, 0.15) is 0 Å². The van der Waals surface area contributed by atoms with E-state index in [0.717, 1.165) is 30.8 Å². The van der Waals surface area contributed by atoms with Gasteiger partial charge in [0.2, 0.25) is 5.91 Å². The molecule has 2 N–H and O–H groups in total. The molecule has 1 fully saturated rings. The van der Waals surface area contributed by atoms with Crippen LogP contribution in [0.3, 0.4) is 0 Å². The maximum atomic E-state index is 12.4. The van der Waals surface area contributed by atoms with Gasteiger partial charge in [0, 0.05) is 29.6 Å². The third kappa shape index (κ3) is 4.93. The number of likely N-dealkylation sites (tertiary alicyclic amines) is 1. The Kier molecular flexibility index (Phi) is 6.41. The maximum absolute atomic E-state index is 12.4. The largest absolute Gasteiger partial charge is 0.350 e. The SMILES string of the molecule is CC(C(=O)NCc1cccs1)N1CCC(NC(=O)c2ccccc2)CC1. The predicted octanol–water partition coefficient (Wildman–Crippen LogP) is 2.65.